The SMILES string of the molecule is CCC(C)(C)N(C)C(=S)NC(C)C. The summed E-state index contributed by atoms with van der Waals surface area (Å²) in [4.78, 5) is 2.13. The van der Waals surface area contributed by atoms with E-state index in [0.29, 0.717) is 6.04 Å². The molecule has 3 heteroatoms. The summed E-state index contributed by atoms with van der Waals surface area (Å²) in [5.41, 5.74) is 0.138. The molecule has 1 N–H and O–H groups in total. The molecule has 78 valence electrons. The fraction of sp³-hybridized carbons (Fsp3) is 0.900. The minimum Gasteiger partial charge on any atom is -0.360 e. The summed E-state index contributed by atoms with van der Waals surface area (Å²) in [5, 5.41) is 4.08. The Hall–Kier alpha value is -0.310. The van der Waals surface area contributed by atoms with Gasteiger partial charge in [0.15, 0.2) is 5.11 Å². The molecule has 0 amide bonds. The zero-order valence-corrected chi connectivity index (χ0v) is 10.5. The maximum absolute atomic E-state index is 5.28. The second-order valence-electron chi connectivity index (χ2n) is 4.33. The van der Waals surface area contributed by atoms with E-state index >= 15 is 0 Å². The van der Waals surface area contributed by atoms with Crippen LogP contribution in [0, 0.1) is 0 Å². The molecule has 0 aromatic heterocycles. The quantitative estimate of drug-likeness (QED) is 0.707. The lowest BCUT2D eigenvalue weighted by atomic mass is 10.0. The van der Waals surface area contributed by atoms with Gasteiger partial charge in [0, 0.05) is 18.6 Å². The van der Waals surface area contributed by atoms with Crippen molar-refractivity contribution >= 4 is 17.3 Å². The van der Waals surface area contributed by atoms with Crippen molar-refractivity contribution in [2.45, 2.75) is 52.6 Å². The van der Waals surface area contributed by atoms with E-state index in [1.165, 1.54) is 0 Å². The van der Waals surface area contributed by atoms with E-state index < -0.39 is 0 Å². The first-order valence-corrected chi connectivity index (χ1v) is 5.26. The molecule has 0 spiro atoms. The number of thiocarbonyl (C=S) groups is 1. The van der Waals surface area contributed by atoms with Crippen molar-refractivity contribution in [3.05, 3.63) is 0 Å². The highest BCUT2D eigenvalue weighted by Gasteiger charge is 2.23. The summed E-state index contributed by atoms with van der Waals surface area (Å²) < 4.78 is 0. The lowest BCUT2D eigenvalue weighted by Gasteiger charge is -2.37. The van der Waals surface area contributed by atoms with Gasteiger partial charge in [0.25, 0.3) is 0 Å². The Morgan fingerprint density at radius 3 is 2.23 bits per heavy atom. The Morgan fingerprint density at radius 1 is 1.46 bits per heavy atom. The molecule has 0 aliphatic carbocycles. The standard InChI is InChI=1S/C10H22N2S/c1-7-10(4,5)12(6)9(13)11-8(2)3/h8H,7H2,1-6H3,(H,11,13). The van der Waals surface area contributed by atoms with Gasteiger partial charge in [-0.25, -0.2) is 0 Å². The number of hydrogen-bond donors (Lipinski definition) is 1. The molecule has 0 aliphatic heterocycles. The average Bonchev–Trinajstić information content (AvgIpc) is 2.01. The zero-order valence-electron chi connectivity index (χ0n) is 9.64. The monoisotopic (exact) mass is 202 g/mol. The third kappa shape index (κ3) is 3.94. The van der Waals surface area contributed by atoms with Gasteiger partial charge in [-0.05, 0) is 46.3 Å². The van der Waals surface area contributed by atoms with Gasteiger partial charge >= 0.3 is 0 Å². The fourth-order valence-electron chi connectivity index (χ4n) is 0.856. The van der Waals surface area contributed by atoms with Gasteiger partial charge < -0.3 is 10.2 Å². The van der Waals surface area contributed by atoms with Crippen molar-refractivity contribution in [2.24, 2.45) is 0 Å². The highest BCUT2D eigenvalue weighted by Crippen LogP contribution is 2.16. The molecule has 0 aromatic carbocycles. The molecule has 0 radical (unpaired) electrons. The Balaban J connectivity index is 4.25. The predicted molar refractivity (Wildman–Crippen MR) is 63.0 cm³/mol. The van der Waals surface area contributed by atoms with Gasteiger partial charge in [0.2, 0.25) is 0 Å². The summed E-state index contributed by atoms with van der Waals surface area (Å²) in [6, 6.07) is 0.405. The summed E-state index contributed by atoms with van der Waals surface area (Å²) >= 11 is 5.28. The van der Waals surface area contributed by atoms with E-state index in [2.05, 4.69) is 44.8 Å². The second-order valence-corrected chi connectivity index (χ2v) is 4.72. The van der Waals surface area contributed by atoms with Crippen molar-refractivity contribution in [2.75, 3.05) is 7.05 Å². The Kier molecular flexibility index (Phi) is 4.68. The summed E-state index contributed by atoms with van der Waals surface area (Å²) in [7, 11) is 2.04. The first kappa shape index (κ1) is 12.7. The molecule has 0 heterocycles. The average molecular weight is 202 g/mol. The van der Waals surface area contributed by atoms with Gasteiger partial charge in [0.1, 0.15) is 0 Å². The summed E-state index contributed by atoms with van der Waals surface area (Å²) in [5.74, 6) is 0. The first-order chi connectivity index (χ1) is 5.81. The van der Waals surface area contributed by atoms with Gasteiger partial charge in [-0.3, -0.25) is 0 Å². The van der Waals surface area contributed by atoms with Gasteiger partial charge in [-0.2, -0.15) is 0 Å². The second kappa shape index (κ2) is 4.80. The molecule has 0 saturated carbocycles. The molecule has 0 rings (SSSR count). The van der Waals surface area contributed by atoms with E-state index in [1.54, 1.807) is 0 Å². The Labute approximate surface area is 87.7 Å². The smallest absolute Gasteiger partial charge is 0.169 e. The van der Waals surface area contributed by atoms with Crippen LogP contribution in [0.4, 0.5) is 0 Å². The minimum atomic E-state index is 0.138. The highest BCUT2D eigenvalue weighted by atomic mass is 32.1. The largest absolute Gasteiger partial charge is 0.360 e. The maximum atomic E-state index is 5.28. The van der Waals surface area contributed by atoms with Gasteiger partial charge in [-0.15, -0.1) is 0 Å². The van der Waals surface area contributed by atoms with Crippen LogP contribution in [-0.4, -0.2) is 28.6 Å². The summed E-state index contributed by atoms with van der Waals surface area (Å²) in [6.45, 7) is 10.8. The van der Waals surface area contributed by atoms with Crippen LogP contribution in [0.1, 0.15) is 41.0 Å². The molecular weight excluding hydrogens is 180 g/mol. The third-order valence-electron chi connectivity index (χ3n) is 2.49. The van der Waals surface area contributed by atoms with Crippen LogP contribution in [0.2, 0.25) is 0 Å². The molecule has 0 bridgehead atoms. The van der Waals surface area contributed by atoms with Crippen LogP contribution >= 0.6 is 12.2 Å². The predicted octanol–water partition coefficient (Wildman–Crippen LogP) is 2.39. The van der Waals surface area contributed by atoms with Crippen LogP contribution in [0.25, 0.3) is 0 Å². The fourth-order valence-corrected chi connectivity index (χ4v) is 1.34. The minimum absolute atomic E-state index is 0.138. The molecule has 0 fully saturated rings. The third-order valence-corrected chi connectivity index (χ3v) is 2.88. The molecule has 13 heavy (non-hydrogen) atoms. The van der Waals surface area contributed by atoms with Crippen LogP contribution < -0.4 is 5.32 Å². The highest BCUT2D eigenvalue weighted by molar-refractivity contribution is 7.80. The Morgan fingerprint density at radius 2 is 1.92 bits per heavy atom. The number of hydrogen-bond acceptors (Lipinski definition) is 1. The summed E-state index contributed by atoms with van der Waals surface area (Å²) in [6.07, 6.45) is 1.09. The van der Waals surface area contributed by atoms with Crippen molar-refractivity contribution in [3.63, 3.8) is 0 Å². The van der Waals surface area contributed by atoms with Gasteiger partial charge in [-0.1, -0.05) is 6.92 Å². The van der Waals surface area contributed by atoms with Crippen molar-refractivity contribution in [3.8, 4) is 0 Å². The van der Waals surface area contributed by atoms with E-state index in [9.17, 15) is 0 Å². The van der Waals surface area contributed by atoms with E-state index in [-0.39, 0.29) is 5.54 Å². The van der Waals surface area contributed by atoms with Gasteiger partial charge in [0.05, 0.1) is 0 Å². The van der Waals surface area contributed by atoms with E-state index in [4.69, 9.17) is 12.2 Å². The maximum Gasteiger partial charge on any atom is 0.169 e. The molecular formula is C10H22N2S. The van der Waals surface area contributed by atoms with Crippen molar-refractivity contribution < 1.29 is 0 Å². The number of nitrogens with zero attached hydrogens (tertiary/aromatic N) is 1. The van der Waals surface area contributed by atoms with Crippen LogP contribution in [0.5, 0.6) is 0 Å². The van der Waals surface area contributed by atoms with Crippen LogP contribution in [-0.2, 0) is 0 Å². The molecule has 0 saturated heterocycles. The topological polar surface area (TPSA) is 15.3 Å². The number of nitrogens with one attached hydrogen (secondary N) is 1. The van der Waals surface area contributed by atoms with E-state index in [1.807, 2.05) is 7.05 Å². The molecule has 0 aliphatic rings. The first-order valence-electron chi connectivity index (χ1n) is 4.85. The molecule has 2 nitrogen and oxygen atoms in total. The molecule has 0 atom stereocenters. The lowest BCUT2D eigenvalue weighted by Crippen LogP contribution is -2.50. The van der Waals surface area contributed by atoms with Crippen molar-refractivity contribution in [1.82, 2.24) is 10.2 Å². The zero-order chi connectivity index (χ0) is 10.6. The Bertz CT molecular complexity index is 176. The van der Waals surface area contributed by atoms with Crippen molar-refractivity contribution in [1.29, 1.82) is 0 Å². The normalized spacial score (nSPS) is 11.6. The number of rotatable bonds is 3. The van der Waals surface area contributed by atoms with Crippen LogP contribution in [0.3, 0.4) is 0 Å². The van der Waals surface area contributed by atoms with E-state index in [0.717, 1.165) is 11.5 Å². The van der Waals surface area contributed by atoms with Crippen LogP contribution in [0.15, 0.2) is 0 Å². The molecule has 0 aromatic rings. The lowest BCUT2D eigenvalue weighted by molar-refractivity contribution is 0.242. The molecule has 0 unspecified atom stereocenters.